The van der Waals surface area contributed by atoms with Gasteiger partial charge in [0.1, 0.15) is 6.33 Å². The summed E-state index contributed by atoms with van der Waals surface area (Å²) in [6.45, 7) is 0.880. The number of benzene rings is 1. The van der Waals surface area contributed by atoms with E-state index in [0.29, 0.717) is 0 Å². The summed E-state index contributed by atoms with van der Waals surface area (Å²) in [4.78, 5) is 4.10. The van der Waals surface area contributed by atoms with Crippen molar-refractivity contribution in [2.75, 3.05) is 17.6 Å². The van der Waals surface area contributed by atoms with Crippen LogP contribution in [0, 0.1) is 0 Å². The molecule has 6 heteroatoms. The number of aromatic nitrogens is 2. The third-order valence-electron chi connectivity index (χ3n) is 1.82. The van der Waals surface area contributed by atoms with Crippen LogP contribution in [0.3, 0.4) is 0 Å². The van der Waals surface area contributed by atoms with Crippen molar-refractivity contribution in [3.63, 3.8) is 0 Å². The minimum absolute atomic E-state index is 0.752. The highest BCUT2D eigenvalue weighted by Crippen LogP contribution is 2.18. The Morgan fingerprint density at radius 1 is 1.44 bits per heavy atom. The first kappa shape index (κ1) is 11.7. The molecule has 0 atom stereocenters. The van der Waals surface area contributed by atoms with Crippen molar-refractivity contribution in [1.29, 1.82) is 0 Å². The molecule has 84 valence electrons. The molecule has 0 saturated heterocycles. The first-order chi connectivity index (χ1) is 7.84. The molecule has 0 aliphatic rings. The first-order valence-corrected chi connectivity index (χ1v) is 6.87. The molecule has 1 N–H and O–H groups in total. The molecule has 0 aliphatic carbocycles. The van der Waals surface area contributed by atoms with Crippen LogP contribution in [0.4, 0.5) is 5.69 Å². The van der Waals surface area contributed by atoms with Crippen molar-refractivity contribution in [2.24, 2.45) is 0 Å². The van der Waals surface area contributed by atoms with Crippen LogP contribution in [0.25, 0.3) is 0 Å². The lowest BCUT2D eigenvalue weighted by atomic mass is 10.3. The van der Waals surface area contributed by atoms with Gasteiger partial charge in [0.2, 0.25) is 0 Å². The summed E-state index contributed by atoms with van der Waals surface area (Å²) in [6, 6.07) is 7.71. The zero-order chi connectivity index (χ0) is 11.2. The molecule has 0 unspecified atom stereocenters. The first-order valence-electron chi connectivity index (χ1n) is 4.73. The van der Waals surface area contributed by atoms with Gasteiger partial charge in [-0.15, -0.1) is 0 Å². The van der Waals surface area contributed by atoms with E-state index in [1.165, 1.54) is 11.5 Å². The van der Waals surface area contributed by atoms with Crippen LogP contribution < -0.4 is 5.32 Å². The third kappa shape index (κ3) is 3.66. The number of anilines is 1. The van der Waals surface area contributed by atoms with Crippen molar-refractivity contribution in [1.82, 2.24) is 9.36 Å². The van der Waals surface area contributed by atoms with Gasteiger partial charge in [0, 0.05) is 23.0 Å². The summed E-state index contributed by atoms with van der Waals surface area (Å²) < 4.78 is 4.95. The smallest absolute Gasteiger partial charge is 0.169 e. The van der Waals surface area contributed by atoms with Gasteiger partial charge in [-0.1, -0.05) is 29.4 Å². The second-order valence-electron chi connectivity index (χ2n) is 2.99. The van der Waals surface area contributed by atoms with Gasteiger partial charge < -0.3 is 5.32 Å². The Kier molecular flexibility index (Phi) is 4.44. The summed E-state index contributed by atoms with van der Waals surface area (Å²) in [5, 5.41) is 4.05. The highest BCUT2D eigenvalue weighted by atomic mass is 35.5. The minimum Gasteiger partial charge on any atom is -0.384 e. The number of nitrogens with one attached hydrogen (secondary N) is 1. The van der Waals surface area contributed by atoms with Crippen LogP contribution in [-0.4, -0.2) is 21.7 Å². The summed E-state index contributed by atoms with van der Waals surface area (Å²) in [7, 11) is 0. The number of nitrogens with zero attached hydrogens (tertiary/aromatic N) is 2. The van der Waals surface area contributed by atoms with Gasteiger partial charge >= 0.3 is 0 Å². The third-order valence-corrected chi connectivity index (χ3v) is 3.86. The molecule has 1 aromatic carbocycles. The lowest BCUT2D eigenvalue weighted by molar-refractivity contribution is 1.19. The molecule has 2 aromatic rings. The topological polar surface area (TPSA) is 37.8 Å². The number of halogens is 1. The van der Waals surface area contributed by atoms with Crippen LogP contribution in [0.1, 0.15) is 0 Å². The lowest BCUT2D eigenvalue weighted by Crippen LogP contribution is -2.03. The van der Waals surface area contributed by atoms with Crippen molar-refractivity contribution in [3.8, 4) is 0 Å². The van der Waals surface area contributed by atoms with E-state index in [1.807, 2.05) is 24.3 Å². The van der Waals surface area contributed by atoms with E-state index in [1.54, 1.807) is 18.1 Å². The molecular formula is C10H10ClN3S2. The lowest BCUT2D eigenvalue weighted by Gasteiger charge is -2.05. The van der Waals surface area contributed by atoms with Crippen molar-refractivity contribution in [2.45, 2.75) is 4.34 Å². The fourth-order valence-electron chi connectivity index (χ4n) is 1.16. The van der Waals surface area contributed by atoms with Gasteiger partial charge in [-0.2, -0.15) is 4.37 Å². The Balaban J connectivity index is 1.72. The number of hydrogen-bond acceptors (Lipinski definition) is 5. The van der Waals surface area contributed by atoms with E-state index in [-0.39, 0.29) is 0 Å². The maximum atomic E-state index is 5.88. The van der Waals surface area contributed by atoms with Crippen LogP contribution in [-0.2, 0) is 0 Å². The molecular weight excluding hydrogens is 262 g/mol. The molecule has 0 aliphatic heterocycles. The molecule has 1 aromatic heterocycles. The van der Waals surface area contributed by atoms with Gasteiger partial charge in [0.05, 0.1) is 0 Å². The molecule has 0 bridgehead atoms. The quantitative estimate of drug-likeness (QED) is 0.668. The van der Waals surface area contributed by atoms with Gasteiger partial charge in [-0.3, -0.25) is 0 Å². The summed E-state index contributed by atoms with van der Waals surface area (Å²) in [5.74, 6) is 0.960. The van der Waals surface area contributed by atoms with Crippen LogP contribution in [0.15, 0.2) is 34.9 Å². The van der Waals surface area contributed by atoms with E-state index >= 15 is 0 Å². The average molecular weight is 272 g/mol. The van der Waals surface area contributed by atoms with Crippen LogP contribution >= 0.6 is 34.9 Å². The SMILES string of the molecule is Clc1cccc(NCCSc2ncns2)c1. The van der Waals surface area contributed by atoms with Crippen molar-refractivity contribution >= 4 is 40.6 Å². The molecule has 0 spiro atoms. The van der Waals surface area contributed by atoms with Gasteiger partial charge in [-0.05, 0) is 29.7 Å². The average Bonchev–Trinajstić information content (AvgIpc) is 2.77. The maximum Gasteiger partial charge on any atom is 0.169 e. The van der Waals surface area contributed by atoms with E-state index in [9.17, 15) is 0 Å². The molecule has 0 amide bonds. The molecule has 1 heterocycles. The standard InChI is InChI=1S/C10H10ClN3S2/c11-8-2-1-3-9(6-8)12-4-5-15-10-13-7-14-16-10/h1-3,6-7,12H,4-5H2. The van der Waals surface area contributed by atoms with Gasteiger partial charge in [0.25, 0.3) is 0 Å². The molecule has 16 heavy (non-hydrogen) atoms. The Morgan fingerprint density at radius 3 is 3.12 bits per heavy atom. The van der Waals surface area contributed by atoms with E-state index < -0.39 is 0 Å². The van der Waals surface area contributed by atoms with Crippen LogP contribution in [0.2, 0.25) is 5.02 Å². The second kappa shape index (κ2) is 6.08. The maximum absolute atomic E-state index is 5.88. The number of thioether (sulfide) groups is 1. The molecule has 0 saturated carbocycles. The Hall–Kier alpha value is -0.780. The monoisotopic (exact) mass is 271 g/mol. The highest BCUT2D eigenvalue weighted by Gasteiger charge is 1.97. The fraction of sp³-hybridized carbons (Fsp3) is 0.200. The van der Waals surface area contributed by atoms with Crippen LogP contribution in [0.5, 0.6) is 0 Å². The van der Waals surface area contributed by atoms with Gasteiger partial charge in [0.15, 0.2) is 4.34 Å². The van der Waals surface area contributed by atoms with Gasteiger partial charge in [-0.25, -0.2) is 4.98 Å². The van der Waals surface area contributed by atoms with Crippen molar-refractivity contribution in [3.05, 3.63) is 35.6 Å². The highest BCUT2D eigenvalue weighted by molar-refractivity contribution is 8.00. The number of rotatable bonds is 5. The zero-order valence-corrected chi connectivity index (χ0v) is 10.8. The molecule has 2 rings (SSSR count). The van der Waals surface area contributed by atoms with E-state index in [4.69, 9.17) is 11.6 Å². The molecule has 3 nitrogen and oxygen atoms in total. The fourth-order valence-corrected chi connectivity index (χ4v) is 2.72. The summed E-state index contributed by atoms with van der Waals surface area (Å²) in [5.41, 5.74) is 1.05. The summed E-state index contributed by atoms with van der Waals surface area (Å²) >= 11 is 9.00. The van der Waals surface area contributed by atoms with Crippen molar-refractivity contribution < 1.29 is 0 Å². The molecule has 0 radical (unpaired) electrons. The number of hydrogen-bond donors (Lipinski definition) is 1. The van der Waals surface area contributed by atoms with E-state index in [0.717, 1.165) is 27.3 Å². The zero-order valence-electron chi connectivity index (χ0n) is 8.39. The Morgan fingerprint density at radius 2 is 2.38 bits per heavy atom. The largest absolute Gasteiger partial charge is 0.384 e. The second-order valence-corrected chi connectivity index (χ2v) is 5.55. The predicted molar refractivity (Wildman–Crippen MR) is 70.6 cm³/mol. The Bertz CT molecular complexity index is 433. The normalized spacial score (nSPS) is 10.3. The molecule has 0 fully saturated rings. The predicted octanol–water partition coefficient (Wildman–Crippen LogP) is 3.40. The Labute approximate surface area is 107 Å². The summed E-state index contributed by atoms with van der Waals surface area (Å²) in [6.07, 6.45) is 1.58. The van der Waals surface area contributed by atoms with E-state index in [2.05, 4.69) is 14.7 Å². The minimum atomic E-state index is 0.752.